The Kier molecular flexibility index (Phi) is 3.72. The largest absolute Gasteiger partial charge is 0.497 e. The third-order valence-electron chi connectivity index (χ3n) is 3.09. The second kappa shape index (κ2) is 5.67. The third-order valence-corrected chi connectivity index (χ3v) is 3.37. The SMILES string of the molecule is COCn1c(-c2ccc(OC)cc2)nc2c(Cl)ncnc21. The fourth-order valence-electron chi connectivity index (χ4n) is 2.12. The summed E-state index contributed by atoms with van der Waals surface area (Å²) < 4.78 is 12.3. The molecule has 108 valence electrons. The molecule has 0 aliphatic rings. The van der Waals surface area contributed by atoms with Crippen molar-refractivity contribution in [1.29, 1.82) is 0 Å². The summed E-state index contributed by atoms with van der Waals surface area (Å²) in [5.74, 6) is 1.50. The maximum absolute atomic E-state index is 6.09. The molecule has 0 aliphatic carbocycles. The summed E-state index contributed by atoms with van der Waals surface area (Å²) in [5, 5.41) is 0.324. The van der Waals surface area contributed by atoms with Gasteiger partial charge in [0.25, 0.3) is 0 Å². The lowest BCUT2D eigenvalue weighted by Gasteiger charge is -2.07. The lowest BCUT2D eigenvalue weighted by molar-refractivity contribution is 0.135. The number of ether oxygens (including phenoxy) is 2. The zero-order valence-electron chi connectivity index (χ0n) is 11.6. The smallest absolute Gasteiger partial charge is 0.167 e. The van der Waals surface area contributed by atoms with Gasteiger partial charge < -0.3 is 9.47 Å². The van der Waals surface area contributed by atoms with Crippen molar-refractivity contribution >= 4 is 22.8 Å². The van der Waals surface area contributed by atoms with Gasteiger partial charge in [-0.1, -0.05) is 11.6 Å². The molecule has 1 aromatic carbocycles. The van der Waals surface area contributed by atoms with Crippen molar-refractivity contribution in [1.82, 2.24) is 19.5 Å². The van der Waals surface area contributed by atoms with Crippen LogP contribution in [0.2, 0.25) is 5.15 Å². The Morgan fingerprint density at radius 2 is 1.90 bits per heavy atom. The lowest BCUT2D eigenvalue weighted by atomic mass is 10.2. The van der Waals surface area contributed by atoms with Crippen LogP contribution in [0, 0.1) is 0 Å². The molecular weight excluding hydrogens is 292 g/mol. The molecule has 0 fully saturated rings. The molecule has 0 atom stereocenters. The summed E-state index contributed by atoms with van der Waals surface area (Å²) in [6.45, 7) is 0.325. The van der Waals surface area contributed by atoms with Gasteiger partial charge in [-0.05, 0) is 24.3 Å². The minimum atomic E-state index is 0.324. The topological polar surface area (TPSA) is 62.1 Å². The van der Waals surface area contributed by atoms with Crippen LogP contribution in [0.3, 0.4) is 0 Å². The number of hydrogen-bond acceptors (Lipinski definition) is 5. The maximum Gasteiger partial charge on any atom is 0.167 e. The van der Waals surface area contributed by atoms with Gasteiger partial charge in [-0.25, -0.2) is 15.0 Å². The number of rotatable bonds is 4. The number of nitrogens with zero attached hydrogens (tertiary/aromatic N) is 4. The monoisotopic (exact) mass is 304 g/mol. The highest BCUT2D eigenvalue weighted by atomic mass is 35.5. The number of methoxy groups -OCH3 is 2. The summed E-state index contributed by atoms with van der Waals surface area (Å²) in [6, 6.07) is 7.60. The van der Waals surface area contributed by atoms with E-state index < -0.39 is 0 Å². The van der Waals surface area contributed by atoms with Gasteiger partial charge in [0.2, 0.25) is 0 Å². The van der Waals surface area contributed by atoms with Crippen molar-refractivity contribution in [2.24, 2.45) is 0 Å². The van der Waals surface area contributed by atoms with Crippen molar-refractivity contribution in [3.8, 4) is 17.1 Å². The Balaban J connectivity index is 2.20. The molecule has 0 radical (unpaired) electrons. The Bertz CT molecular complexity index is 770. The van der Waals surface area contributed by atoms with Crippen LogP contribution in [-0.4, -0.2) is 33.7 Å². The van der Waals surface area contributed by atoms with Crippen LogP contribution in [0.15, 0.2) is 30.6 Å². The van der Waals surface area contributed by atoms with Crippen LogP contribution in [0.1, 0.15) is 0 Å². The molecule has 3 aromatic rings. The molecule has 3 rings (SSSR count). The second-order valence-electron chi connectivity index (χ2n) is 4.35. The van der Waals surface area contributed by atoms with E-state index in [1.807, 2.05) is 28.8 Å². The Morgan fingerprint density at radius 1 is 1.14 bits per heavy atom. The average molecular weight is 305 g/mol. The van der Waals surface area contributed by atoms with E-state index in [-0.39, 0.29) is 0 Å². The number of fused-ring (bicyclic) bond motifs is 1. The first-order chi connectivity index (χ1) is 10.2. The highest BCUT2D eigenvalue weighted by Crippen LogP contribution is 2.27. The zero-order valence-corrected chi connectivity index (χ0v) is 12.3. The zero-order chi connectivity index (χ0) is 14.8. The standard InChI is InChI=1S/C14H13ClN4O2/c1-20-8-19-13(9-3-5-10(21-2)6-4-9)18-11-12(15)16-7-17-14(11)19/h3-7H,8H2,1-2H3. The first-order valence-corrected chi connectivity index (χ1v) is 6.62. The summed E-state index contributed by atoms with van der Waals surface area (Å²) in [7, 11) is 3.25. The van der Waals surface area contributed by atoms with E-state index in [1.54, 1.807) is 14.2 Å². The van der Waals surface area contributed by atoms with Gasteiger partial charge in [-0.2, -0.15) is 0 Å². The predicted octanol–water partition coefficient (Wildman–Crippen LogP) is 2.76. The first-order valence-electron chi connectivity index (χ1n) is 6.24. The van der Waals surface area contributed by atoms with Crippen LogP contribution in [0.25, 0.3) is 22.6 Å². The molecule has 0 N–H and O–H groups in total. The predicted molar refractivity (Wildman–Crippen MR) is 79.3 cm³/mol. The molecule has 0 spiro atoms. The van der Waals surface area contributed by atoms with Gasteiger partial charge in [0.05, 0.1) is 7.11 Å². The van der Waals surface area contributed by atoms with Crippen LogP contribution >= 0.6 is 11.6 Å². The minimum absolute atomic E-state index is 0.324. The second-order valence-corrected chi connectivity index (χ2v) is 4.70. The van der Waals surface area contributed by atoms with E-state index in [9.17, 15) is 0 Å². The number of hydrogen-bond donors (Lipinski definition) is 0. The molecule has 21 heavy (non-hydrogen) atoms. The van der Waals surface area contributed by atoms with Crippen LogP contribution in [0.4, 0.5) is 0 Å². The van der Waals surface area contributed by atoms with Crippen molar-refractivity contribution in [3.63, 3.8) is 0 Å². The number of aromatic nitrogens is 4. The van der Waals surface area contributed by atoms with Crippen molar-refractivity contribution in [3.05, 3.63) is 35.7 Å². The van der Waals surface area contributed by atoms with Crippen molar-refractivity contribution < 1.29 is 9.47 Å². The van der Waals surface area contributed by atoms with Crippen LogP contribution in [-0.2, 0) is 11.5 Å². The van der Waals surface area contributed by atoms with E-state index in [1.165, 1.54) is 6.33 Å². The molecule has 2 heterocycles. The minimum Gasteiger partial charge on any atom is -0.497 e. The van der Waals surface area contributed by atoms with Gasteiger partial charge in [-0.15, -0.1) is 0 Å². The van der Waals surface area contributed by atoms with Crippen LogP contribution in [0.5, 0.6) is 5.75 Å². The van der Waals surface area contributed by atoms with E-state index in [2.05, 4.69) is 15.0 Å². The molecule has 6 nitrogen and oxygen atoms in total. The molecule has 0 aliphatic heterocycles. The Labute approximate surface area is 126 Å². The number of halogens is 1. The summed E-state index contributed by atoms with van der Waals surface area (Å²) in [5.41, 5.74) is 2.12. The van der Waals surface area contributed by atoms with Crippen molar-refractivity contribution in [2.75, 3.05) is 14.2 Å². The number of benzene rings is 1. The molecule has 0 amide bonds. The summed E-state index contributed by atoms with van der Waals surface area (Å²) in [6.07, 6.45) is 1.41. The molecule has 0 unspecified atom stereocenters. The van der Waals surface area contributed by atoms with Crippen molar-refractivity contribution in [2.45, 2.75) is 6.73 Å². The van der Waals surface area contributed by atoms with Gasteiger partial charge in [0.15, 0.2) is 10.8 Å². The van der Waals surface area contributed by atoms with Gasteiger partial charge in [0.1, 0.15) is 30.1 Å². The quantitative estimate of drug-likeness (QED) is 0.694. The molecule has 0 bridgehead atoms. The summed E-state index contributed by atoms with van der Waals surface area (Å²) >= 11 is 6.09. The molecule has 7 heteroatoms. The van der Waals surface area contributed by atoms with E-state index in [0.29, 0.717) is 23.0 Å². The van der Waals surface area contributed by atoms with Gasteiger partial charge >= 0.3 is 0 Å². The van der Waals surface area contributed by atoms with Crippen LogP contribution < -0.4 is 4.74 Å². The maximum atomic E-state index is 6.09. The highest BCUT2D eigenvalue weighted by molar-refractivity contribution is 6.33. The molecule has 0 saturated carbocycles. The molecule has 2 aromatic heterocycles. The molecular formula is C14H13ClN4O2. The fourth-order valence-corrected chi connectivity index (χ4v) is 2.29. The number of imidazole rings is 1. The summed E-state index contributed by atoms with van der Waals surface area (Å²) in [4.78, 5) is 12.7. The Hall–Kier alpha value is -2.18. The van der Waals surface area contributed by atoms with Gasteiger partial charge in [0, 0.05) is 12.7 Å². The van der Waals surface area contributed by atoms with E-state index in [0.717, 1.165) is 17.1 Å². The Morgan fingerprint density at radius 3 is 2.57 bits per heavy atom. The normalized spacial score (nSPS) is 11.0. The fraction of sp³-hybridized carbons (Fsp3) is 0.214. The first kappa shape index (κ1) is 13.8. The average Bonchev–Trinajstić information content (AvgIpc) is 2.88. The lowest BCUT2D eigenvalue weighted by Crippen LogP contribution is -2.03. The third kappa shape index (κ3) is 2.43. The van der Waals surface area contributed by atoms with E-state index >= 15 is 0 Å². The molecule has 0 saturated heterocycles. The highest BCUT2D eigenvalue weighted by Gasteiger charge is 2.16. The van der Waals surface area contributed by atoms with E-state index in [4.69, 9.17) is 21.1 Å². The van der Waals surface area contributed by atoms with Gasteiger partial charge in [-0.3, -0.25) is 4.57 Å².